The highest BCUT2D eigenvalue weighted by atomic mass is 19.1. The number of ether oxygens (including phenoxy) is 1. The Bertz CT molecular complexity index is 829. The zero-order valence-corrected chi connectivity index (χ0v) is 14.4. The molecule has 0 saturated heterocycles. The molecule has 1 N–H and O–H groups in total. The second-order valence-electron chi connectivity index (χ2n) is 5.57. The number of ketones is 1. The Balaban J connectivity index is 2.15. The molecule has 26 heavy (non-hydrogen) atoms. The largest absolute Gasteiger partial charge is 0.450 e. The number of carbonyl (C=O) groups excluding carboxylic acids is 3. The first-order chi connectivity index (χ1) is 12.4. The van der Waals surface area contributed by atoms with Crippen molar-refractivity contribution in [3.63, 3.8) is 0 Å². The number of hydrogen-bond acceptors (Lipinski definition) is 4. The molecule has 0 spiro atoms. The van der Waals surface area contributed by atoms with Crippen molar-refractivity contribution in [1.29, 1.82) is 0 Å². The molecule has 0 radical (unpaired) electrons. The number of amides is 1. The zero-order valence-electron chi connectivity index (χ0n) is 14.4. The van der Waals surface area contributed by atoms with Gasteiger partial charge in [-0.15, -0.1) is 0 Å². The maximum Gasteiger partial charge on any atom is 0.355 e. The molecule has 0 fully saturated rings. The molecule has 0 aliphatic rings. The number of Topliss-reactive ketones (excluding diaryl/α,β-unsaturated/α-hetero) is 1. The van der Waals surface area contributed by atoms with Gasteiger partial charge in [0, 0.05) is 12.5 Å². The lowest BCUT2D eigenvalue weighted by Gasteiger charge is -2.14. The lowest BCUT2D eigenvalue weighted by atomic mass is 10.1. The van der Waals surface area contributed by atoms with Crippen LogP contribution in [0.3, 0.4) is 0 Å². The van der Waals surface area contributed by atoms with E-state index in [0.29, 0.717) is 5.56 Å². The molecule has 0 unspecified atom stereocenters. The highest BCUT2D eigenvalue weighted by molar-refractivity contribution is 6.03. The third-order valence-corrected chi connectivity index (χ3v) is 3.42. The summed E-state index contributed by atoms with van der Waals surface area (Å²) < 4.78 is 18.1. The van der Waals surface area contributed by atoms with Crippen molar-refractivity contribution in [3.8, 4) is 0 Å². The van der Waals surface area contributed by atoms with E-state index in [2.05, 4.69) is 5.32 Å². The first-order valence-corrected chi connectivity index (χ1v) is 7.92. The van der Waals surface area contributed by atoms with Crippen molar-refractivity contribution in [3.05, 3.63) is 77.2 Å². The lowest BCUT2D eigenvalue weighted by Crippen LogP contribution is -2.31. The molecule has 0 saturated carbocycles. The van der Waals surface area contributed by atoms with Crippen LogP contribution in [0.2, 0.25) is 0 Å². The number of halogens is 1. The van der Waals surface area contributed by atoms with E-state index in [1.807, 2.05) is 6.07 Å². The van der Waals surface area contributed by atoms with Gasteiger partial charge in [0.2, 0.25) is 11.7 Å². The minimum absolute atomic E-state index is 0.0811. The van der Waals surface area contributed by atoms with Crippen molar-refractivity contribution in [2.75, 3.05) is 0 Å². The molecule has 2 aromatic rings. The predicted molar refractivity (Wildman–Crippen MR) is 94.5 cm³/mol. The van der Waals surface area contributed by atoms with Crippen molar-refractivity contribution < 1.29 is 23.5 Å². The van der Waals surface area contributed by atoms with Gasteiger partial charge < -0.3 is 10.1 Å². The van der Waals surface area contributed by atoms with Gasteiger partial charge in [0.15, 0.2) is 6.10 Å². The molecular weight excluding hydrogens is 337 g/mol. The Morgan fingerprint density at radius 1 is 1.04 bits per heavy atom. The molecule has 5 nitrogen and oxygen atoms in total. The van der Waals surface area contributed by atoms with Gasteiger partial charge in [0.05, 0.1) is 0 Å². The SMILES string of the molecule is CC(=O)N/C(=C\c1ccccc1)C(=O)O[C@H](C)C(=O)c1ccc(F)cc1. The van der Waals surface area contributed by atoms with Crippen LogP contribution < -0.4 is 5.32 Å². The summed E-state index contributed by atoms with van der Waals surface area (Å²) in [6, 6.07) is 13.8. The average Bonchev–Trinajstić information content (AvgIpc) is 2.61. The summed E-state index contributed by atoms with van der Waals surface area (Å²) in [6.07, 6.45) is 0.361. The van der Waals surface area contributed by atoms with Gasteiger partial charge in [0.1, 0.15) is 11.5 Å². The standard InChI is InChI=1S/C20H18FNO4/c1-13(19(24)16-8-10-17(21)11-9-16)26-20(25)18(22-14(2)23)12-15-6-4-3-5-7-15/h3-13H,1-2H3,(H,22,23)/b18-12-/t13-/m1/s1. The summed E-state index contributed by atoms with van der Waals surface area (Å²) >= 11 is 0. The smallest absolute Gasteiger partial charge is 0.355 e. The van der Waals surface area contributed by atoms with Gasteiger partial charge in [-0.3, -0.25) is 9.59 Å². The second kappa shape index (κ2) is 8.71. The fourth-order valence-corrected chi connectivity index (χ4v) is 2.18. The zero-order chi connectivity index (χ0) is 19.1. The van der Waals surface area contributed by atoms with Gasteiger partial charge in [-0.1, -0.05) is 30.3 Å². The maximum atomic E-state index is 13.0. The third-order valence-electron chi connectivity index (χ3n) is 3.42. The fourth-order valence-electron chi connectivity index (χ4n) is 2.18. The van der Waals surface area contributed by atoms with Crippen LogP contribution in [0.5, 0.6) is 0 Å². The van der Waals surface area contributed by atoms with E-state index in [4.69, 9.17) is 4.74 Å². The van der Waals surface area contributed by atoms with Crippen LogP contribution in [-0.2, 0) is 14.3 Å². The Hall–Kier alpha value is -3.28. The van der Waals surface area contributed by atoms with Gasteiger partial charge >= 0.3 is 5.97 Å². The molecule has 6 heteroatoms. The van der Waals surface area contributed by atoms with Crippen molar-refractivity contribution in [1.82, 2.24) is 5.32 Å². The Kier molecular flexibility index (Phi) is 6.38. The van der Waals surface area contributed by atoms with Crippen LogP contribution in [0.4, 0.5) is 4.39 Å². The predicted octanol–water partition coefficient (Wildman–Crippen LogP) is 3.12. The molecule has 2 aromatic carbocycles. The molecule has 0 heterocycles. The molecule has 0 aliphatic heterocycles. The highest BCUT2D eigenvalue weighted by Gasteiger charge is 2.22. The number of hydrogen-bond donors (Lipinski definition) is 1. The summed E-state index contributed by atoms with van der Waals surface area (Å²) in [5, 5.41) is 2.41. The molecule has 1 amide bonds. The number of benzene rings is 2. The second-order valence-corrected chi connectivity index (χ2v) is 5.57. The van der Waals surface area contributed by atoms with Gasteiger partial charge in [-0.2, -0.15) is 0 Å². The number of carbonyl (C=O) groups is 3. The summed E-state index contributed by atoms with van der Waals surface area (Å²) in [5.41, 5.74) is 0.827. The quantitative estimate of drug-likeness (QED) is 0.491. The van der Waals surface area contributed by atoms with Crippen molar-refractivity contribution in [2.45, 2.75) is 20.0 Å². The van der Waals surface area contributed by atoms with Gasteiger partial charge in [-0.05, 0) is 42.8 Å². The third kappa shape index (κ3) is 5.37. The lowest BCUT2D eigenvalue weighted by molar-refractivity contribution is -0.142. The Labute approximate surface area is 150 Å². The van der Waals surface area contributed by atoms with E-state index < -0.39 is 29.6 Å². The van der Waals surface area contributed by atoms with E-state index in [9.17, 15) is 18.8 Å². The number of nitrogens with one attached hydrogen (secondary N) is 1. The number of esters is 1. The van der Waals surface area contributed by atoms with Crippen molar-refractivity contribution >= 4 is 23.7 Å². The summed E-state index contributed by atoms with van der Waals surface area (Å²) in [6.45, 7) is 2.68. The molecule has 0 aliphatic carbocycles. The topological polar surface area (TPSA) is 72.5 Å². The molecular formula is C20H18FNO4. The van der Waals surface area contributed by atoms with Crippen LogP contribution in [0.15, 0.2) is 60.3 Å². The first-order valence-electron chi connectivity index (χ1n) is 7.92. The van der Waals surface area contributed by atoms with Crippen LogP contribution in [0, 0.1) is 5.82 Å². The van der Waals surface area contributed by atoms with E-state index in [-0.39, 0.29) is 11.3 Å². The van der Waals surface area contributed by atoms with E-state index in [1.54, 1.807) is 24.3 Å². The summed E-state index contributed by atoms with van der Waals surface area (Å²) in [7, 11) is 0. The Morgan fingerprint density at radius 3 is 2.23 bits per heavy atom. The highest BCUT2D eigenvalue weighted by Crippen LogP contribution is 2.11. The van der Waals surface area contributed by atoms with Crippen LogP contribution in [-0.4, -0.2) is 23.8 Å². The minimum atomic E-state index is -1.10. The van der Waals surface area contributed by atoms with E-state index >= 15 is 0 Å². The van der Waals surface area contributed by atoms with Crippen LogP contribution in [0.25, 0.3) is 6.08 Å². The maximum absolute atomic E-state index is 13.0. The van der Waals surface area contributed by atoms with E-state index in [1.165, 1.54) is 32.1 Å². The molecule has 2 rings (SSSR count). The monoisotopic (exact) mass is 355 g/mol. The first kappa shape index (κ1) is 19.1. The Morgan fingerprint density at radius 2 is 1.65 bits per heavy atom. The molecule has 134 valence electrons. The molecule has 0 aromatic heterocycles. The van der Waals surface area contributed by atoms with Crippen LogP contribution >= 0.6 is 0 Å². The van der Waals surface area contributed by atoms with Crippen molar-refractivity contribution in [2.24, 2.45) is 0 Å². The normalized spacial score (nSPS) is 12.2. The van der Waals surface area contributed by atoms with Gasteiger partial charge in [0.25, 0.3) is 0 Å². The van der Waals surface area contributed by atoms with Gasteiger partial charge in [-0.25, -0.2) is 9.18 Å². The number of rotatable bonds is 6. The average molecular weight is 355 g/mol. The summed E-state index contributed by atoms with van der Waals surface area (Å²) in [4.78, 5) is 36.0. The molecule has 1 atom stereocenters. The van der Waals surface area contributed by atoms with E-state index in [0.717, 1.165) is 12.1 Å². The summed E-state index contributed by atoms with van der Waals surface area (Å²) in [5.74, 6) is -2.22. The fraction of sp³-hybridized carbons (Fsp3) is 0.150. The molecule has 0 bridgehead atoms. The minimum Gasteiger partial charge on any atom is -0.450 e. The van der Waals surface area contributed by atoms with Crippen LogP contribution in [0.1, 0.15) is 29.8 Å².